The van der Waals surface area contributed by atoms with Crippen LogP contribution in [0, 0.1) is 0 Å². The Morgan fingerprint density at radius 3 is 2.92 bits per heavy atom. The highest BCUT2D eigenvalue weighted by molar-refractivity contribution is 5.95. The van der Waals surface area contributed by atoms with E-state index in [0.717, 1.165) is 23.8 Å². The summed E-state index contributed by atoms with van der Waals surface area (Å²) in [7, 11) is 3.81. The number of nitrogens with zero attached hydrogens (tertiary/aromatic N) is 3. The Hall–Kier alpha value is -2.34. The fraction of sp³-hybridized carbons (Fsp3) is 0.444. The zero-order chi connectivity index (χ0) is 17.1. The van der Waals surface area contributed by atoms with Crippen LogP contribution in [-0.2, 0) is 11.2 Å². The number of morpholine rings is 1. The van der Waals surface area contributed by atoms with E-state index in [-0.39, 0.29) is 11.9 Å². The van der Waals surface area contributed by atoms with Gasteiger partial charge >= 0.3 is 0 Å². The number of furan rings is 1. The van der Waals surface area contributed by atoms with Gasteiger partial charge in [-0.1, -0.05) is 6.92 Å². The molecule has 128 valence electrons. The van der Waals surface area contributed by atoms with Gasteiger partial charge in [0.1, 0.15) is 23.4 Å². The van der Waals surface area contributed by atoms with Gasteiger partial charge in [0.05, 0.1) is 13.2 Å². The number of hydrogen-bond acceptors (Lipinski definition) is 5. The molecule has 0 spiro atoms. The first-order valence-electron chi connectivity index (χ1n) is 8.21. The van der Waals surface area contributed by atoms with Crippen LogP contribution in [0.15, 0.2) is 34.9 Å². The molecule has 6 nitrogen and oxygen atoms in total. The maximum absolute atomic E-state index is 13.0. The highest BCUT2D eigenvalue weighted by Crippen LogP contribution is 2.28. The molecule has 0 aromatic carbocycles. The van der Waals surface area contributed by atoms with Crippen molar-refractivity contribution in [2.45, 2.75) is 19.4 Å². The van der Waals surface area contributed by atoms with Crippen molar-refractivity contribution in [2.75, 3.05) is 38.8 Å². The second kappa shape index (κ2) is 7.05. The van der Waals surface area contributed by atoms with Crippen LogP contribution in [0.1, 0.15) is 34.8 Å². The number of hydrogen-bond donors (Lipinski definition) is 0. The van der Waals surface area contributed by atoms with Gasteiger partial charge in [0, 0.05) is 38.8 Å². The van der Waals surface area contributed by atoms with E-state index in [4.69, 9.17) is 9.15 Å². The molecular weight excluding hydrogens is 306 g/mol. The molecule has 0 bridgehead atoms. The molecule has 3 rings (SSSR count). The average Bonchev–Trinajstić information content (AvgIpc) is 3.10. The van der Waals surface area contributed by atoms with Crippen molar-refractivity contribution in [1.82, 2.24) is 9.88 Å². The van der Waals surface area contributed by atoms with Crippen LogP contribution in [-0.4, -0.2) is 49.6 Å². The Kier molecular flexibility index (Phi) is 4.85. The highest BCUT2D eigenvalue weighted by Gasteiger charge is 2.31. The summed E-state index contributed by atoms with van der Waals surface area (Å²) in [6.45, 7) is 3.58. The van der Waals surface area contributed by atoms with E-state index in [1.54, 1.807) is 12.3 Å². The summed E-state index contributed by atoms with van der Waals surface area (Å²) in [6, 6.07) is 7.28. The van der Waals surface area contributed by atoms with E-state index in [9.17, 15) is 4.79 Å². The topological polar surface area (TPSA) is 58.8 Å². The Bertz CT molecular complexity index is 711. The van der Waals surface area contributed by atoms with Gasteiger partial charge in [0.15, 0.2) is 0 Å². The van der Waals surface area contributed by atoms with E-state index in [2.05, 4.69) is 4.98 Å². The van der Waals surface area contributed by atoms with Crippen LogP contribution in [0.25, 0.3) is 0 Å². The summed E-state index contributed by atoms with van der Waals surface area (Å²) in [5, 5.41) is 0. The largest absolute Gasteiger partial charge is 0.464 e. The highest BCUT2D eigenvalue weighted by atomic mass is 16.5. The van der Waals surface area contributed by atoms with E-state index >= 15 is 0 Å². The van der Waals surface area contributed by atoms with Gasteiger partial charge in [-0.05, 0) is 24.3 Å². The number of amides is 1. The molecule has 0 radical (unpaired) electrons. The number of aryl methyl sites for hydroxylation is 1. The van der Waals surface area contributed by atoms with Crippen molar-refractivity contribution in [2.24, 2.45) is 0 Å². The molecule has 2 aromatic rings. The van der Waals surface area contributed by atoms with Crippen molar-refractivity contribution >= 4 is 11.7 Å². The molecule has 3 heterocycles. The second-order valence-electron chi connectivity index (χ2n) is 6.04. The molecule has 1 saturated heterocycles. The lowest BCUT2D eigenvalue weighted by molar-refractivity contribution is -0.00901. The van der Waals surface area contributed by atoms with Crippen LogP contribution in [0.4, 0.5) is 5.82 Å². The zero-order valence-electron chi connectivity index (χ0n) is 14.4. The number of carbonyl (C=O) groups excluding carboxylic acids is 1. The number of pyridine rings is 1. The first-order valence-corrected chi connectivity index (χ1v) is 8.21. The predicted molar refractivity (Wildman–Crippen MR) is 91.2 cm³/mol. The van der Waals surface area contributed by atoms with Gasteiger partial charge in [-0.25, -0.2) is 4.98 Å². The average molecular weight is 329 g/mol. The van der Waals surface area contributed by atoms with Crippen molar-refractivity contribution in [3.63, 3.8) is 0 Å². The molecule has 0 saturated carbocycles. The quantitative estimate of drug-likeness (QED) is 0.862. The summed E-state index contributed by atoms with van der Waals surface area (Å²) in [5.74, 6) is 2.43. The lowest BCUT2D eigenvalue weighted by Gasteiger charge is -2.34. The van der Waals surface area contributed by atoms with Crippen LogP contribution in [0.2, 0.25) is 0 Å². The number of ether oxygens (including phenoxy) is 1. The molecule has 1 aliphatic heterocycles. The summed E-state index contributed by atoms with van der Waals surface area (Å²) >= 11 is 0. The normalized spacial score (nSPS) is 17.8. The van der Waals surface area contributed by atoms with E-state index in [1.807, 2.05) is 49.0 Å². The number of aromatic nitrogens is 1. The van der Waals surface area contributed by atoms with Crippen molar-refractivity contribution in [3.8, 4) is 0 Å². The van der Waals surface area contributed by atoms with E-state index in [1.165, 1.54) is 0 Å². The van der Waals surface area contributed by atoms with Crippen LogP contribution in [0.5, 0.6) is 0 Å². The first kappa shape index (κ1) is 16.5. The molecule has 1 atom stereocenters. The minimum absolute atomic E-state index is 0.0248. The smallest absolute Gasteiger partial charge is 0.254 e. The van der Waals surface area contributed by atoms with Gasteiger partial charge in [-0.3, -0.25) is 4.79 Å². The number of rotatable bonds is 4. The minimum Gasteiger partial charge on any atom is -0.464 e. The molecule has 1 fully saturated rings. The van der Waals surface area contributed by atoms with Crippen molar-refractivity contribution in [1.29, 1.82) is 0 Å². The second-order valence-corrected chi connectivity index (χ2v) is 6.04. The Morgan fingerprint density at radius 1 is 1.38 bits per heavy atom. The molecule has 6 heteroatoms. The monoisotopic (exact) mass is 329 g/mol. The van der Waals surface area contributed by atoms with Crippen LogP contribution < -0.4 is 4.90 Å². The lowest BCUT2D eigenvalue weighted by atomic mass is 10.1. The fourth-order valence-electron chi connectivity index (χ4n) is 2.81. The SMILES string of the molecule is CCc1ccc(C2COCCN2C(=O)c2ccnc(N(C)C)c2)o1. The van der Waals surface area contributed by atoms with Gasteiger partial charge in [0.2, 0.25) is 0 Å². The van der Waals surface area contributed by atoms with E-state index < -0.39 is 0 Å². The van der Waals surface area contributed by atoms with Crippen molar-refractivity contribution in [3.05, 3.63) is 47.5 Å². The molecule has 1 aliphatic rings. The summed E-state index contributed by atoms with van der Waals surface area (Å²) in [4.78, 5) is 21.0. The summed E-state index contributed by atoms with van der Waals surface area (Å²) in [5.41, 5.74) is 0.628. The maximum Gasteiger partial charge on any atom is 0.254 e. The zero-order valence-corrected chi connectivity index (χ0v) is 14.4. The minimum atomic E-state index is -0.192. The molecule has 1 amide bonds. The molecule has 24 heavy (non-hydrogen) atoms. The van der Waals surface area contributed by atoms with Gasteiger partial charge in [-0.2, -0.15) is 0 Å². The molecule has 1 unspecified atom stereocenters. The number of carbonyl (C=O) groups is 1. The summed E-state index contributed by atoms with van der Waals surface area (Å²) < 4.78 is 11.4. The lowest BCUT2D eigenvalue weighted by Crippen LogP contribution is -2.43. The molecule has 0 N–H and O–H groups in total. The number of anilines is 1. The van der Waals surface area contributed by atoms with Crippen molar-refractivity contribution < 1.29 is 13.9 Å². The van der Waals surface area contributed by atoms with Gasteiger partial charge in [0.25, 0.3) is 5.91 Å². The third-order valence-electron chi connectivity index (χ3n) is 4.20. The van der Waals surface area contributed by atoms with Gasteiger partial charge < -0.3 is 19.0 Å². The maximum atomic E-state index is 13.0. The van der Waals surface area contributed by atoms with Crippen LogP contribution in [0.3, 0.4) is 0 Å². The first-order chi connectivity index (χ1) is 11.6. The fourth-order valence-corrected chi connectivity index (χ4v) is 2.81. The van der Waals surface area contributed by atoms with E-state index in [0.29, 0.717) is 25.3 Å². The predicted octanol–water partition coefficient (Wildman–Crippen LogP) is 2.52. The molecule has 0 aliphatic carbocycles. The Balaban J connectivity index is 1.87. The third-order valence-corrected chi connectivity index (χ3v) is 4.20. The Morgan fingerprint density at radius 2 is 2.21 bits per heavy atom. The standard InChI is InChI=1S/C18H23N3O3/c1-4-14-5-6-16(24-14)15-12-23-10-9-21(15)18(22)13-7-8-19-17(11-13)20(2)3/h5-8,11,15H,4,9-10,12H2,1-3H3. The summed E-state index contributed by atoms with van der Waals surface area (Å²) in [6.07, 6.45) is 2.50. The third kappa shape index (κ3) is 3.28. The van der Waals surface area contributed by atoms with Crippen LogP contribution >= 0.6 is 0 Å². The molecular formula is C18H23N3O3. The molecule has 2 aromatic heterocycles. The Labute approximate surface area is 142 Å². The van der Waals surface area contributed by atoms with Gasteiger partial charge in [-0.15, -0.1) is 0 Å².